The lowest BCUT2D eigenvalue weighted by atomic mass is 10.4. The molecule has 0 fully saturated rings. The minimum Gasteiger partial charge on any atom is -0.480 e. The number of likely N-dealkylation sites (N-methyl/N-ethyl adjacent to an activating group) is 1. The molecule has 1 aromatic rings. The first-order valence-corrected chi connectivity index (χ1v) is 5.09. The highest BCUT2D eigenvalue weighted by atomic mass is 79.9. The Bertz CT molecular complexity index is 311. The van der Waals surface area contributed by atoms with Gasteiger partial charge >= 0.3 is 5.97 Å². The summed E-state index contributed by atoms with van der Waals surface area (Å²) in [5.74, 6) is -0.0579. The number of carbonyl (C=O) groups is 1. The van der Waals surface area contributed by atoms with E-state index in [9.17, 15) is 4.79 Å². The van der Waals surface area contributed by atoms with Gasteiger partial charge in [-0.15, -0.1) is 0 Å². The maximum atomic E-state index is 10.5. The Kier molecular flexibility index (Phi) is 4.16. The number of carboxylic acid groups (broad SMARTS) is 1. The summed E-state index contributed by atoms with van der Waals surface area (Å²) in [4.78, 5) is 12.3. The normalized spacial score (nSPS) is 10.8. The van der Waals surface area contributed by atoms with Gasteiger partial charge < -0.3 is 9.52 Å². The SMILES string of the molecule is CCN(CC(=O)O)Cc1ccc(Br)o1. The average Bonchev–Trinajstić information content (AvgIpc) is 2.49. The van der Waals surface area contributed by atoms with Crippen LogP contribution in [0.25, 0.3) is 0 Å². The molecule has 0 saturated carbocycles. The molecule has 0 atom stereocenters. The standard InChI is InChI=1S/C9H12BrNO3/c1-2-11(6-9(12)13)5-7-3-4-8(10)14-7/h3-4H,2,5-6H2,1H3,(H,12,13). The highest BCUT2D eigenvalue weighted by molar-refractivity contribution is 9.10. The quantitative estimate of drug-likeness (QED) is 0.881. The summed E-state index contributed by atoms with van der Waals surface area (Å²) in [5, 5.41) is 8.62. The number of carboxylic acids is 1. The Hall–Kier alpha value is -0.810. The zero-order chi connectivity index (χ0) is 10.6. The molecule has 4 nitrogen and oxygen atoms in total. The van der Waals surface area contributed by atoms with Gasteiger partial charge in [0.25, 0.3) is 0 Å². The molecule has 0 saturated heterocycles. The first-order chi connectivity index (χ1) is 6.61. The monoisotopic (exact) mass is 261 g/mol. The third-order valence-corrected chi connectivity index (χ3v) is 2.24. The van der Waals surface area contributed by atoms with E-state index in [0.29, 0.717) is 17.8 Å². The van der Waals surface area contributed by atoms with Crippen LogP contribution in [0.4, 0.5) is 0 Å². The zero-order valence-corrected chi connectivity index (χ0v) is 9.45. The Morgan fingerprint density at radius 3 is 2.79 bits per heavy atom. The molecule has 0 amide bonds. The molecule has 0 aromatic carbocycles. The fraction of sp³-hybridized carbons (Fsp3) is 0.444. The van der Waals surface area contributed by atoms with Crippen LogP contribution < -0.4 is 0 Å². The van der Waals surface area contributed by atoms with Crippen LogP contribution in [-0.4, -0.2) is 29.1 Å². The summed E-state index contributed by atoms with van der Waals surface area (Å²) in [7, 11) is 0. The van der Waals surface area contributed by atoms with Gasteiger partial charge in [0.1, 0.15) is 5.76 Å². The number of hydrogen-bond acceptors (Lipinski definition) is 3. The van der Waals surface area contributed by atoms with E-state index in [-0.39, 0.29) is 6.54 Å². The maximum Gasteiger partial charge on any atom is 0.317 e. The number of halogens is 1. The van der Waals surface area contributed by atoms with E-state index in [1.165, 1.54) is 0 Å². The first kappa shape index (κ1) is 11.3. The van der Waals surface area contributed by atoms with Crippen molar-refractivity contribution in [3.8, 4) is 0 Å². The minimum atomic E-state index is -0.822. The molecule has 0 aliphatic heterocycles. The van der Waals surface area contributed by atoms with Crippen molar-refractivity contribution < 1.29 is 14.3 Å². The molecular formula is C9H12BrNO3. The second-order valence-electron chi connectivity index (χ2n) is 2.90. The van der Waals surface area contributed by atoms with Crippen LogP contribution in [0.3, 0.4) is 0 Å². The van der Waals surface area contributed by atoms with Crippen molar-refractivity contribution in [3.05, 3.63) is 22.6 Å². The topological polar surface area (TPSA) is 53.7 Å². The Morgan fingerprint density at radius 2 is 2.36 bits per heavy atom. The lowest BCUT2D eigenvalue weighted by Gasteiger charge is -2.15. The summed E-state index contributed by atoms with van der Waals surface area (Å²) in [6.45, 7) is 3.16. The molecular weight excluding hydrogens is 250 g/mol. The van der Waals surface area contributed by atoms with E-state index in [1.807, 2.05) is 13.0 Å². The molecule has 0 unspecified atom stereocenters. The van der Waals surface area contributed by atoms with E-state index < -0.39 is 5.97 Å². The molecule has 5 heteroatoms. The number of hydrogen-bond donors (Lipinski definition) is 1. The maximum absolute atomic E-state index is 10.5. The Morgan fingerprint density at radius 1 is 1.64 bits per heavy atom. The van der Waals surface area contributed by atoms with Gasteiger partial charge in [0.2, 0.25) is 0 Å². The van der Waals surface area contributed by atoms with Crippen LogP contribution >= 0.6 is 15.9 Å². The van der Waals surface area contributed by atoms with E-state index in [0.717, 1.165) is 5.76 Å². The van der Waals surface area contributed by atoms with Crippen molar-refractivity contribution in [1.82, 2.24) is 4.90 Å². The number of nitrogens with zero attached hydrogens (tertiary/aromatic N) is 1. The van der Waals surface area contributed by atoms with Crippen molar-refractivity contribution in [1.29, 1.82) is 0 Å². The lowest BCUT2D eigenvalue weighted by Crippen LogP contribution is -2.28. The minimum absolute atomic E-state index is 0.0365. The van der Waals surface area contributed by atoms with Gasteiger partial charge in [-0.05, 0) is 34.6 Å². The molecule has 1 heterocycles. The van der Waals surface area contributed by atoms with Gasteiger partial charge in [0, 0.05) is 0 Å². The smallest absolute Gasteiger partial charge is 0.317 e. The molecule has 0 bridgehead atoms. The van der Waals surface area contributed by atoms with Crippen LogP contribution in [0.1, 0.15) is 12.7 Å². The van der Waals surface area contributed by atoms with Gasteiger partial charge in [0.05, 0.1) is 13.1 Å². The Labute approximate surface area is 90.6 Å². The zero-order valence-electron chi connectivity index (χ0n) is 7.86. The van der Waals surface area contributed by atoms with E-state index >= 15 is 0 Å². The molecule has 1 rings (SSSR count). The second-order valence-corrected chi connectivity index (χ2v) is 3.68. The van der Waals surface area contributed by atoms with Crippen LogP contribution in [0.15, 0.2) is 21.2 Å². The van der Waals surface area contributed by atoms with Crippen LogP contribution in [0, 0.1) is 0 Å². The predicted molar refractivity (Wildman–Crippen MR) is 55.0 cm³/mol. The van der Waals surface area contributed by atoms with Gasteiger partial charge in [-0.1, -0.05) is 6.92 Å². The van der Waals surface area contributed by atoms with Crippen molar-refractivity contribution in [3.63, 3.8) is 0 Å². The van der Waals surface area contributed by atoms with Crippen molar-refractivity contribution in [2.75, 3.05) is 13.1 Å². The molecule has 78 valence electrons. The van der Waals surface area contributed by atoms with Gasteiger partial charge in [0.15, 0.2) is 4.67 Å². The molecule has 0 aliphatic rings. The molecule has 14 heavy (non-hydrogen) atoms. The summed E-state index contributed by atoms with van der Waals surface area (Å²) in [6, 6.07) is 3.62. The summed E-state index contributed by atoms with van der Waals surface area (Å²) in [5.41, 5.74) is 0. The summed E-state index contributed by atoms with van der Waals surface area (Å²) >= 11 is 3.19. The summed E-state index contributed by atoms with van der Waals surface area (Å²) < 4.78 is 5.95. The number of rotatable bonds is 5. The molecule has 0 spiro atoms. The summed E-state index contributed by atoms with van der Waals surface area (Å²) in [6.07, 6.45) is 0. The third kappa shape index (κ3) is 3.51. The van der Waals surface area contributed by atoms with E-state index in [1.54, 1.807) is 11.0 Å². The van der Waals surface area contributed by atoms with Gasteiger partial charge in [-0.2, -0.15) is 0 Å². The van der Waals surface area contributed by atoms with Gasteiger partial charge in [-0.3, -0.25) is 9.69 Å². The van der Waals surface area contributed by atoms with E-state index in [4.69, 9.17) is 9.52 Å². The largest absolute Gasteiger partial charge is 0.480 e. The fourth-order valence-electron chi connectivity index (χ4n) is 1.13. The second kappa shape index (κ2) is 5.17. The molecule has 1 aromatic heterocycles. The van der Waals surface area contributed by atoms with Crippen LogP contribution in [-0.2, 0) is 11.3 Å². The highest BCUT2D eigenvalue weighted by Crippen LogP contribution is 2.15. The highest BCUT2D eigenvalue weighted by Gasteiger charge is 2.10. The predicted octanol–water partition coefficient (Wildman–Crippen LogP) is 1.95. The lowest BCUT2D eigenvalue weighted by molar-refractivity contribution is -0.138. The van der Waals surface area contributed by atoms with E-state index in [2.05, 4.69) is 15.9 Å². The first-order valence-electron chi connectivity index (χ1n) is 4.30. The molecule has 0 radical (unpaired) electrons. The molecule has 1 N–H and O–H groups in total. The van der Waals surface area contributed by atoms with Crippen molar-refractivity contribution in [2.45, 2.75) is 13.5 Å². The van der Waals surface area contributed by atoms with Crippen LogP contribution in [0.5, 0.6) is 0 Å². The number of furan rings is 1. The average molecular weight is 262 g/mol. The van der Waals surface area contributed by atoms with Crippen molar-refractivity contribution in [2.24, 2.45) is 0 Å². The van der Waals surface area contributed by atoms with Gasteiger partial charge in [-0.25, -0.2) is 0 Å². The van der Waals surface area contributed by atoms with Crippen LogP contribution in [0.2, 0.25) is 0 Å². The Balaban J connectivity index is 2.52. The molecule has 0 aliphatic carbocycles. The fourth-order valence-corrected chi connectivity index (χ4v) is 1.47. The van der Waals surface area contributed by atoms with Crippen molar-refractivity contribution >= 4 is 21.9 Å². The third-order valence-electron chi connectivity index (χ3n) is 1.81. The number of aliphatic carboxylic acids is 1.